The van der Waals surface area contributed by atoms with Crippen LogP contribution in [0, 0.1) is 0 Å². The minimum Gasteiger partial charge on any atom is -0.306 e. The number of hydrogen-bond acceptors (Lipinski definition) is 3. The monoisotopic (exact) mass is 415 g/mol. The van der Waals surface area contributed by atoms with Crippen LogP contribution >= 0.6 is 11.6 Å². The zero-order valence-corrected chi connectivity index (χ0v) is 16.7. The second-order valence-corrected chi connectivity index (χ2v) is 7.98. The quantitative estimate of drug-likeness (QED) is 0.374. The highest BCUT2D eigenvalue weighted by Gasteiger charge is 2.30. The van der Waals surface area contributed by atoms with Gasteiger partial charge in [0.05, 0.1) is 11.0 Å². The number of halogens is 2. The normalized spacial score (nSPS) is 18.0. The number of nitrogens with one attached hydrogen (secondary N) is 1. The van der Waals surface area contributed by atoms with Crippen LogP contribution in [-0.4, -0.2) is 45.0 Å². The van der Waals surface area contributed by atoms with Crippen LogP contribution in [0.5, 0.6) is 0 Å². The predicted octanol–water partition coefficient (Wildman–Crippen LogP) is 4.14. The van der Waals surface area contributed by atoms with Crippen LogP contribution in [0.2, 0.25) is 0 Å². The average Bonchev–Trinajstić information content (AvgIpc) is 3.09. The molecule has 1 aliphatic rings. The van der Waals surface area contributed by atoms with Crippen molar-refractivity contribution < 1.29 is 9.18 Å². The van der Waals surface area contributed by atoms with Gasteiger partial charge in [0.25, 0.3) is 0 Å². The summed E-state index contributed by atoms with van der Waals surface area (Å²) in [5.41, 5.74) is 2.06. The zero-order chi connectivity index (χ0) is 20.4. The zero-order valence-electron chi connectivity index (χ0n) is 15.9. The molecule has 0 bridgehead atoms. The van der Waals surface area contributed by atoms with Gasteiger partial charge in [-0.25, -0.2) is 9.18 Å². The number of Topliss-reactive ketones (excluding diaryl/α,β-unsaturated/α-hetero) is 1. The first kappa shape index (κ1) is 19.9. The van der Waals surface area contributed by atoms with Crippen molar-refractivity contribution in [3.8, 4) is 0 Å². The van der Waals surface area contributed by atoms with Crippen molar-refractivity contribution in [1.82, 2.24) is 14.5 Å². The Morgan fingerprint density at radius 3 is 2.48 bits per heavy atom. The molecule has 0 aliphatic carbocycles. The van der Waals surface area contributed by atoms with Crippen LogP contribution in [0.15, 0.2) is 59.4 Å². The molecule has 2 atom stereocenters. The molecule has 5 nitrogen and oxygen atoms in total. The van der Waals surface area contributed by atoms with Crippen molar-refractivity contribution in [2.24, 2.45) is 0 Å². The van der Waals surface area contributed by atoms with E-state index in [1.807, 2.05) is 30.3 Å². The van der Waals surface area contributed by atoms with Gasteiger partial charge in [-0.05, 0) is 25.0 Å². The van der Waals surface area contributed by atoms with E-state index in [4.69, 9.17) is 11.6 Å². The molecule has 1 saturated heterocycles. The Morgan fingerprint density at radius 1 is 1.10 bits per heavy atom. The smallest absolute Gasteiger partial charge is 0.306 e. The molecule has 0 spiro atoms. The van der Waals surface area contributed by atoms with Crippen molar-refractivity contribution in [1.29, 1.82) is 0 Å². The summed E-state index contributed by atoms with van der Waals surface area (Å²) >= 11 is 6.21. The summed E-state index contributed by atoms with van der Waals surface area (Å²) in [6.07, 6.45) is 0.00190. The maximum absolute atomic E-state index is 14.8. The number of carbonyl (C=O) groups is 1. The van der Waals surface area contributed by atoms with Crippen molar-refractivity contribution in [3.05, 3.63) is 70.6 Å². The number of fused-ring (bicyclic) bond motifs is 1. The average molecular weight is 416 g/mol. The number of imidazole rings is 1. The van der Waals surface area contributed by atoms with Gasteiger partial charge in [-0.15, -0.1) is 11.6 Å². The van der Waals surface area contributed by atoms with E-state index >= 15 is 0 Å². The maximum atomic E-state index is 14.8. The number of para-hydroxylation sites is 2. The van der Waals surface area contributed by atoms with E-state index in [1.54, 1.807) is 33.7 Å². The van der Waals surface area contributed by atoms with Crippen LogP contribution in [0.4, 0.5) is 4.39 Å². The fourth-order valence-electron chi connectivity index (χ4n) is 4.07. The minimum atomic E-state index is -1.29. The van der Waals surface area contributed by atoms with Crippen LogP contribution in [-0.2, 0) is 0 Å². The minimum absolute atomic E-state index is 0.0276. The van der Waals surface area contributed by atoms with Gasteiger partial charge >= 0.3 is 5.69 Å². The van der Waals surface area contributed by atoms with Gasteiger partial charge < -0.3 is 4.98 Å². The summed E-state index contributed by atoms with van der Waals surface area (Å²) in [5, 5.41) is -0.902. The molecule has 0 radical (unpaired) electrons. The standard InChI is InChI=1S/C22H23ClFN3O2/c23-17(21(28)15-6-2-1-3-7-15)14-20(24)26-12-10-16(11-13-26)27-19-9-5-4-8-18(19)25-22(27)29/h1-9,16-17,20H,10-14H2,(H,25,29). The summed E-state index contributed by atoms with van der Waals surface area (Å²) in [4.78, 5) is 29.3. The Kier molecular flexibility index (Phi) is 5.83. The largest absolute Gasteiger partial charge is 0.326 e. The lowest BCUT2D eigenvalue weighted by Gasteiger charge is -2.34. The first-order valence-corrected chi connectivity index (χ1v) is 10.3. The summed E-state index contributed by atoms with van der Waals surface area (Å²) in [6, 6.07) is 16.4. The molecule has 0 saturated carbocycles. The molecule has 0 amide bonds. The van der Waals surface area contributed by atoms with Gasteiger partial charge in [0.1, 0.15) is 5.38 Å². The van der Waals surface area contributed by atoms with Gasteiger partial charge in [-0.1, -0.05) is 42.5 Å². The third-order valence-corrected chi connectivity index (χ3v) is 6.01. The van der Waals surface area contributed by atoms with Gasteiger partial charge in [-0.2, -0.15) is 0 Å². The molecule has 1 aromatic heterocycles. The van der Waals surface area contributed by atoms with E-state index in [0.29, 0.717) is 31.5 Å². The molecule has 1 fully saturated rings. The summed E-state index contributed by atoms with van der Waals surface area (Å²) in [7, 11) is 0. The molecule has 4 rings (SSSR count). The fraction of sp³-hybridized carbons (Fsp3) is 0.364. The molecule has 7 heteroatoms. The molecule has 1 aliphatic heterocycles. The number of rotatable bonds is 6. The maximum Gasteiger partial charge on any atom is 0.326 e. The van der Waals surface area contributed by atoms with E-state index < -0.39 is 11.7 Å². The van der Waals surface area contributed by atoms with Crippen LogP contribution in [0.3, 0.4) is 0 Å². The highest BCUT2D eigenvalue weighted by atomic mass is 35.5. The lowest BCUT2D eigenvalue weighted by atomic mass is 10.0. The molecule has 1 N–H and O–H groups in total. The van der Waals surface area contributed by atoms with Crippen molar-refractivity contribution in [2.45, 2.75) is 37.0 Å². The van der Waals surface area contributed by atoms with Crippen molar-refractivity contribution >= 4 is 28.4 Å². The first-order valence-electron chi connectivity index (χ1n) is 9.85. The number of alkyl halides is 2. The summed E-state index contributed by atoms with van der Waals surface area (Å²) in [5.74, 6) is -0.254. The fourth-order valence-corrected chi connectivity index (χ4v) is 4.34. The van der Waals surface area contributed by atoms with E-state index in [0.717, 1.165) is 11.0 Å². The van der Waals surface area contributed by atoms with Crippen molar-refractivity contribution in [3.63, 3.8) is 0 Å². The molecular weight excluding hydrogens is 393 g/mol. The number of piperidine rings is 1. The number of aromatic amines is 1. The molecular formula is C22H23ClFN3O2. The first-order chi connectivity index (χ1) is 14.0. The summed E-state index contributed by atoms with van der Waals surface area (Å²) < 4.78 is 16.6. The molecule has 3 aromatic rings. The van der Waals surface area contributed by atoms with Gasteiger partial charge in [0.15, 0.2) is 12.1 Å². The molecule has 29 heavy (non-hydrogen) atoms. The van der Waals surface area contributed by atoms with Crippen LogP contribution in [0.1, 0.15) is 35.7 Å². The lowest BCUT2D eigenvalue weighted by Crippen LogP contribution is -2.42. The highest BCUT2D eigenvalue weighted by molar-refractivity contribution is 6.33. The number of H-pyrrole nitrogens is 1. The molecule has 2 heterocycles. The van der Waals surface area contributed by atoms with E-state index in [9.17, 15) is 14.0 Å². The second-order valence-electron chi connectivity index (χ2n) is 7.45. The Labute approximate surface area is 173 Å². The third-order valence-electron chi connectivity index (χ3n) is 5.63. The Hall–Kier alpha value is -2.44. The van der Waals surface area contributed by atoms with Gasteiger partial charge in [0, 0.05) is 31.1 Å². The molecule has 152 valence electrons. The van der Waals surface area contributed by atoms with Gasteiger partial charge in [0.2, 0.25) is 0 Å². The second kappa shape index (κ2) is 8.51. The number of nitrogens with zero attached hydrogens (tertiary/aromatic N) is 2. The summed E-state index contributed by atoms with van der Waals surface area (Å²) in [6.45, 7) is 1.03. The Balaban J connectivity index is 1.37. The number of benzene rings is 2. The van der Waals surface area contributed by atoms with Crippen molar-refractivity contribution in [2.75, 3.05) is 13.1 Å². The topological polar surface area (TPSA) is 58.1 Å². The highest BCUT2D eigenvalue weighted by Crippen LogP contribution is 2.27. The number of ketones is 1. The van der Waals surface area contributed by atoms with E-state index in [2.05, 4.69) is 4.98 Å². The van der Waals surface area contributed by atoms with E-state index in [-0.39, 0.29) is 23.9 Å². The Morgan fingerprint density at radius 2 is 1.76 bits per heavy atom. The third kappa shape index (κ3) is 4.14. The molecule has 2 aromatic carbocycles. The van der Waals surface area contributed by atoms with Crippen LogP contribution in [0.25, 0.3) is 11.0 Å². The predicted molar refractivity (Wildman–Crippen MR) is 112 cm³/mol. The number of likely N-dealkylation sites (tertiary alicyclic amines) is 1. The SMILES string of the molecule is O=C(c1ccccc1)C(Cl)CC(F)N1CCC(n2c(=O)[nH]c3ccccc32)CC1. The number of aromatic nitrogens is 2. The van der Waals surface area contributed by atoms with E-state index in [1.165, 1.54) is 0 Å². The van der Waals surface area contributed by atoms with Crippen LogP contribution < -0.4 is 5.69 Å². The molecule has 2 unspecified atom stereocenters. The number of hydrogen-bond donors (Lipinski definition) is 1. The van der Waals surface area contributed by atoms with Gasteiger partial charge in [-0.3, -0.25) is 14.3 Å². The Bertz CT molecular complexity index is 1040. The number of carbonyl (C=O) groups excluding carboxylic acids is 1. The lowest BCUT2D eigenvalue weighted by molar-refractivity contribution is 0.0428.